The van der Waals surface area contributed by atoms with Crippen LogP contribution in [0.4, 0.5) is 10.1 Å². The number of esters is 1. The van der Waals surface area contributed by atoms with Crippen LogP contribution in [0.1, 0.15) is 22.3 Å². The minimum absolute atomic E-state index is 0.0521. The number of carbonyl (C=O) groups excluding carboxylic acids is 1. The Morgan fingerprint density at radius 3 is 2.60 bits per heavy atom. The van der Waals surface area contributed by atoms with Crippen molar-refractivity contribution in [1.29, 1.82) is 0 Å². The van der Waals surface area contributed by atoms with Crippen molar-refractivity contribution < 1.29 is 13.9 Å². The second-order valence-corrected chi connectivity index (χ2v) is 4.46. The molecule has 2 aromatic carbocycles. The quantitative estimate of drug-likeness (QED) is 0.517. The third-order valence-corrected chi connectivity index (χ3v) is 2.92. The van der Waals surface area contributed by atoms with Crippen molar-refractivity contribution >= 4 is 11.7 Å². The second kappa shape index (κ2) is 6.70. The highest BCUT2D eigenvalue weighted by atomic mass is 19.1. The van der Waals surface area contributed by atoms with Crippen LogP contribution in [0, 0.1) is 5.82 Å². The van der Waals surface area contributed by atoms with Gasteiger partial charge in [-0.2, -0.15) is 0 Å². The molecule has 0 heterocycles. The molecule has 2 N–H and O–H groups in total. The zero-order valence-corrected chi connectivity index (χ0v) is 11.0. The fraction of sp³-hybridized carbons (Fsp3) is 0.188. The van der Waals surface area contributed by atoms with E-state index >= 15 is 0 Å². The largest absolute Gasteiger partial charge is 0.462 e. The SMILES string of the molecule is Nc1cc(C(=O)OCCCc2ccccc2)ccc1F. The van der Waals surface area contributed by atoms with Crippen molar-refractivity contribution in [2.24, 2.45) is 0 Å². The average Bonchev–Trinajstić information content (AvgIpc) is 2.47. The van der Waals surface area contributed by atoms with Crippen LogP contribution in [0.2, 0.25) is 0 Å². The molecule has 0 aliphatic carbocycles. The van der Waals surface area contributed by atoms with Gasteiger partial charge in [-0.3, -0.25) is 0 Å². The van der Waals surface area contributed by atoms with Crippen molar-refractivity contribution in [3.8, 4) is 0 Å². The third kappa shape index (κ3) is 3.82. The number of nitrogen functional groups attached to an aromatic ring is 1. The van der Waals surface area contributed by atoms with E-state index in [0.717, 1.165) is 18.9 Å². The first kappa shape index (κ1) is 14.1. The van der Waals surface area contributed by atoms with Crippen LogP contribution in [0.15, 0.2) is 48.5 Å². The van der Waals surface area contributed by atoms with Crippen LogP contribution in [0.3, 0.4) is 0 Å². The van der Waals surface area contributed by atoms with Crippen molar-refractivity contribution in [3.05, 3.63) is 65.5 Å². The van der Waals surface area contributed by atoms with Gasteiger partial charge in [-0.25, -0.2) is 9.18 Å². The number of rotatable bonds is 5. The van der Waals surface area contributed by atoms with E-state index in [2.05, 4.69) is 0 Å². The summed E-state index contributed by atoms with van der Waals surface area (Å²) < 4.78 is 18.1. The normalized spacial score (nSPS) is 10.2. The van der Waals surface area contributed by atoms with E-state index in [9.17, 15) is 9.18 Å². The van der Waals surface area contributed by atoms with E-state index in [1.165, 1.54) is 17.7 Å². The molecule has 0 radical (unpaired) electrons. The van der Waals surface area contributed by atoms with Crippen LogP contribution in [-0.2, 0) is 11.2 Å². The minimum Gasteiger partial charge on any atom is -0.462 e. The molecule has 4 heteroatoms. The number of anilines is 1. The lowest BCUT2D eigenvalue weighted by Gasteiger charge is -2.06. The molecule has 0 saturated carbocycles. The van der Waals surface area contributed by atoms with E-state index < -0.39 is 11.8 Å². The fourth-order valence-corrected chi connectivity index (χ4v) is 1.84. The number of carbonyl (C=O) groups is 1. The molecule has 0 aliphatic heterocycles. The van der Waals surface area contributed by atoms with Gasteiger partial charge in [0.05, 0.1) is 17.9 Å². The molecule has 0 unspecified atom stereocenters. The Labute approximate surface area is 117 Å². The highest BCUT2D eigenvalue weighted by Crippen LogP contribution is 2.13. The Hall–Kier alpha value is -2.36. The van der Waals surface area contributed by atoms with Crippen LogP contribution in [0.5, 0.6) is 0 Å². The minimum atomic E-state index is -0.536. The Morgan fingerprint density at radius 1 is 1.15 bits per heavy atom. The average molecular weight is 273 g/mol. The lowest BCUT2D eigenvalue weighted by atomic mass is 10.1. The van der Waals surface area contributed by atoms with Gasteiger partial charge in [0.1, 0.15) is 5.82 Å². The predicted molar refractivity (Wildman–Crippen MR) is 75.9 cm³/mol. The molecule has 0 bridgehead atoms. The third-order valence-electron chi connectivity index (χ3n) is 2.92. The van der Waals surface area contributed by atoms with E-state index in [1.807, 2.05) is 30.3 Å². The molecule has 0 aromatic heterocycles. The summed E-state index contributed by atoms with van der Waals surface area (Å²) in [6, 6.07) is 13.8. The molecule has 2 rings (SSSR count). The van der Waals surface area contributed by atoms with Crippen LogP contribution in [-0.4, -0.2) is 12.6 Å². The first-order valence-electron chi connectivity index (χ1n) is 6.43. The Bertz CT molecular complexity index is 584. The van der Waals surface area contributed by atoms with E-state index in [1.54, 1.807) is 0 Å². The summed E-state index contributed by atoms with van der Waals surface area (Å²) in [5, 5.41) is 0. The lowest BCUT2D eigenvalue weighted by molar-refractivity contribution is 0.0500. The van der Waals surface area contributed by atoms with Gasteiger partial charge in [-0.05, 0) is 36.6 Å². The Morgan fingerprint density at radius 2 is 1.90 bits per heavy atom. The van der Waals surface area contributed by atoms with Crippen molar-refractivity contribution in [2.45, 2.75) is 12.8 Å². The highest BCUT2D eigenvalue weighted by molar-refractivity contribution is 5.90. The Kier molecular flexibility index (Phi) is 4.71. The highest BCUT2D eigenvalue weighted by Gasteiger charge is 2.09. The standard InChI is InChI=1S/C16H16FNO2/c17-14-9-8-13(11-15(14)18)16(19)20-10-4-7-12-5-2-1-3-6-12/h1-3,5-6,8-9,11H,4,7,10,18H2. The summed E-state index contributed by atoms with van der Waals surface area (Å²) in [6.07, 6.45) is 1.59. The molecule has 0 spiro atoms. The number of aryl methyl sites for hydroxylation is 1. The number of hydrogen-bond donors (Lipinski definition) is 1. The van der Waals surface area contributed by atoms with E-state index in [-0.39, 0.29) is 11.3 Å². The van der Waals surface area contributed by atoms with Gasteiger partial charge < -0.3 is 10.5 Å². The molecule has 0 atom stereocenters. The maximum absolute atomic E-state index is 13.0. The first-order valence-corrected chi connectivity index (χ1v) is 6.43. The molecule has 0 fully saturated rings. The van der Waals surface area contributed by atoms with Gasteiger partial charge in [-0.1, -0.05) is 30.3 Å². The number of halogens is 1. The van der Waals surface area contributed by atoms with E-state index in [4.69, 9.17) is 10.5 Å². The lowest BCUT2D eigenvalue weighted by Crippen LogP contribution is -2.08. The summed E-state index contributed by atoms with van der Waals surface area (Å²) in [5.41, 5.74) is 6.82. The summed E-state index contributed by atoms with van der Waals surface area (Å²) in [6.45, 7) is 0.324. The number of nitrogens with two attached hydrogens (primary N) is 1. The van der Waals surface area contributed by atoms with Gasteiger partial charge in [0.2, 0.25) is 0 Å². The zero-order valence-electron chi connectivity index (χ0n) is 11.0. The smallest absolute Gasteiger partial charge is 0.338 e. The van der Waals surface area contributed by atoms with Gasteiger partial charge in [0.25, 0.3) is 0 Å². The van der Waals surface area contributed by atoms with Gasteiger partial charge in [0.15, 0.2) is 0 Å². The molecule has 3 nitrogen and oxygen atoms in total. The molecule has 0 aliphatic rings. The fourth-order valence-electron chi connectivity index (χ4n) is 1.84. The van der Waals surface area contributed by atoms with Crippen LogP contribution in [0.25, 0.3) is 0 Å². The summed E-state index contributed by atoms with van der Waals surface area (Å²) in [4.78, 5) is 11.7. The van der Waals surface area contributed by atoms with Gasteiger partial charge in [-0.15, -0.1) is 0 Å². The maximum atomic E-state index is 13.0. The number of ether oxygens (including phenoxy) is 1. The van der Waals surface area contributed by atoms with Crippen molar-refractivity contribution in [2.75, 3.05) is 12.3 Å². The second-order valence-electron chi connectivity index (χ2n) is 4.46. The molecule has 2 aromatic rings. The summed E-state index contributed by atoms with van der Waals surface area (Å²) in [5.74, 6) is -1.02. The molecule has 0 saturated heterocycles. The number of benzene rings is 2. The monoisotopic (exact) mass is 273 g/mol. The van der Waals surface area contributed by atoms with Crippen molar-refractivity contribution in [3.63, 3.8) is 0 Å². The molecular formula is C16H16FNO2. The molecule has 0 amide bonds. The molecular weight excluding hydrogens is 257 g/mol. The zero-order chi connectivity index (χ0) is 14.4. The van der Waals surface area contributed by atoms with Gasteiger partial charge in [0, 0.05) is 0 Å². The molecule has 104 valence electrons. The maximum Gasteiger partial charge on any atom is 0.338 e. The van der Waals surface area contributed by atoms with Crippen LogP contribution < -0.4 is 5.73 Å². The predicted octanol–water partition coefficient (Wildman–Crippen LogP) is 3.20. The first-order chi connectivity index (χ1) is 9.66. The summed E-state index contributed by atoms with van der Waals surface area (Å²) >= 11 is 0. The van der Waals surface area contributed by atoms with Crippen LogP contribution >= 0.6 is 0 Å². The summed E-state index contributed by atoms with van der Waals surface area (Å²) in [7, 11) is 0. The molecule has 20 heavy (non-hydrogen) atoms. The van der Waals surface area contributed by atoms with Gasteiger partial charge >= 0.3 is 5.97 Å². The van der Waals surface area contributed by atoms with E-state index in [0.29, 0.717) is 6.61 Å². The Balaban J connectivity index is 1.79. The topological polar surface area (TPSA) is 52.3 Å². The number of hydrogen-bond acceptors (Lipinski definition) is 3. The van der Waals surface area contributed by atoms with Crippen molar-refractivity contribution in [1.82, 2.24) is 0 Å².